The molecule has 5 heterocycles. The SMILES string of the molecule is Cc1cc(Nc2nc(C3=CCCNC3)cn3c(-c4cnn(C)c4)cnc23)sc1S(=O)(=O)C(C)C. The Kier molecular flexibility index (Phi) is 5.78. The van der Waals surface area contributed by atoms with Gasteiger partial charge in [-0.25, -0.2) is 18.4 Å². The Morgan fingerprint density at radius 3 is 2.74 bits per heavy atom. The number of imidazole rings is 1. The minimum atomic E-state index is -3.37. The lowest BCUT2D eigenvalue weighted by Crippen LogP contribution is -2.22. The lowest BCUT2D eigenvalue weighted by Gasteiger charge is -2.16. The van der Waals surface area contributed by atoms with Crippen LogP contribution in [0.3, 0.4) is 0 Å². The molecule has 2 N–H and O–H groups in total. The van der Waals surface area contributed by atoms with Gasteiger partial charge >= 0.3 is 0 Å². The second-order valence-corrected chi connectivity index (χ2v) is 12.5. The zero-order valence-corrected chi connectivity index (χ0v) is 21.2. The second kappa shape index (κ2) is 8.64. The standard InChI is InChI=1S/C23H27N7O2S2/c1-14(2)34(31,32)23-15(3)8-20(33-23)28-21-22-25-11-19(17-10-26-29(4)12-17)30(22)13-18(27-21)16-6-5-7-24-9-16/h6,8,10-14,24H,5,7,9H2,1-4H3,(H,27,28). The van der Waals surface area contributed by atoms with E-state index in [0.29, 0.717) is 20.7 Å². The van der Waals surface area contributed by atoms with E-state index in [1.54, 1.807) is 18.5 Å². The molecule has 0 amide bonds. The van der Waals surface area contributed by atoms with Gasteiger partial charge in [0.1, 0.15) is 4.21 Å². The molecule has 0 atom stereocenters. The van der Waals surface area contributed by atoms with Gasteiger partial charge in [0.05, 0.1) is 34.0 Å². The molecule has 5 rings (SSSR count). The summed E-state index contributed by atoms with van der Waals surface area (Å²) in [5.74, 6) is 0.578. The molecule has 0 bridgehead atoms. The smallest absolute Gasteiger partial charge is 0.190 e. The second-order valence-electron chi connectivity index (χ2n) is 8.71. The summed E-state index contributed by atoms with van der Waals surface area (Å²) in [4.78, 5) is 9.55. The van der Waals surface area contributed by atoms with Crippen LogP contribution in [0.5, 0.6) is 0 Å². The van der Waals surface area contributed by atoms with Crippen LogP contribution in [0.1, 0.15) is 31.5 Å². The minimum absolute atomic E-state index is 0.385. The van der Waals surface area contributed by atoms with E-state index in [1.165, 1.54) is 11.3 Å². The van der Waals surface area contributed by atoms with Crippen molar-refractivity contribution < 1.29 is 8.42 Å². The maximum Gasteiger partial charge on any atom is 0.190 e. The highest BCUT2D eigenvalue weighted by Crippen LogP contribution is 2.36. The quantitative estimate of drug-likeness (QED) is 0.417. The Morgan fingerprint density at radius 2 is 2.06 bits per heavy atom. The summed E-state index contributed by atoms with van der Waals surface area (Å²) < 4.78 is 29.7. The van der Waals surface area contributed by atoms with Crippen LogP contribution >= 0.6 is 11.3 Å². The topological polar surface area (TPSA) is 106 Å². The van der Waals surface area contributed by atoms with Gasteiger partial charge in [-0.3, -0.25) is 9.08 Å². The molecule has 4 aromatic heterocycles. The lowest BCUT2D eigenvalue weighted by atomic mass is 10.1. The van der Waals surface area contributed by atoms with E-state index in [4.69, 9.17) is 4.98 Å². The molecule has 4 aromatic rings. The normalized spacial score (nSPS) is 14.7. The molecule has 0 radical (unpaired) electrons. The molecule has 0 fully saturated rings. The van der Waals surface area contributed by atoms with E-state index in [2.05, 4.69) is 26.8 Å². The first-order chi connectivity index (χ1) is 16.2. The minimum Gasteiger partial charge on any atom is -0.329 e. The number of anilines is 2. The Labute approximate surface area is 202 Å². The molecule has 11 heteroatoms. The summed E-state index contributed by atoms with van der Waals surface area (Å²) in [6.07, 6.45) is 10.7. The molecular weight excluding hydrogens is 470 g/mol. The van der Waals surface area contributed by atoms with Crippen molar-refractivity contribution in [1.29, 1.82) is 0 Å². The molecular formula is C23H27N7O2S2. The first kappa shape index (κ1) is 22.8. The van der Waals surface area contributed by atoms with Crippen molar-refractivity contribution >= 4 is 43.2 Å². The predicted octanol–water partition coefficient (Wildman–Crippen LogP) is 3.80. The number of hydrogen-bond donors (Lipinski definition) is 2. The number of sulfone groups is 1. The Hall–Kier alpha value is -3.02. The van der Waals surface area contributed by atoms with Crippen molar-refractivity contribution in [1.82, 2.24) is 29.5 Å². The highest BCUT2D eigenvalue weighted by atomic mass is 32.2. The number of thiophene rings is 1. The summed E-state index contributed by atoms with van der Waals surface area (Å²) in [6, 6.07) is 1.86. The number of aromatic nitrogens is 5. The number of fused-ring (bicyclic) bond motifs is 1. The maximum absolute atomic E-state index is 12.8. The third-order valence-electron chi connectivity index (χ3n) is 5.84. The Morgan fingerprint density at radius 1 is 1.24 bits per heavy atom. The van der Waals surface area contributed by atoms with E-state index >= 15 is 0 Å². The van der Waals surface area contributed by atoms with Gasteiger partial charge in [0.2, 0.25) is 0 Å². The van der Waals surface area contributed by atoms with Crippen molar-refractivity contribution in [2.75, 3.05) is 18.4 Å². The molecule has 0 saturated carbocycles. The van der Waals surface area contributed by atoms with Crippen LogP contribution in [0, 0.1) is 6.92 Å². The van der Waals surface area contributed by atoms with Crippen molar-refractivity contribution in [2.45, 2.75) is 36.7 Å². The van der Waals surface area contributed by atoms with Gasteiger partial charge in [0, 0.05) is 31.5 Å². The largest absolute Gasteiger partial charge is 0.329 e. The van der Waals surface area contributed by atoms with Crippen molar-refractivity contribution in [3.8, 4) is 11.3 Å². The van der Waals surface area contributed by atoms with Gasteiger partial charge in [0.15, 0.2) is 21.3 Å². The first-order valence-corrected chi connectivity index (χ1v) is 13.5. The highest BCUT2D eigenvalue weighted by Gasteiger charge is 2.25. The van der Waals surface area contributed by atoms with E-state index in [1.807, 2.05) is 49.2 Å². The fourth-order valence-corrected chi connectivity index (χ4v) is 7.02. The summed E-state index contributed by atoms with van der Waals surface area (Å²) in [5.41, 5.74) is 5.20. The summed E-state index contributed by atoms with van der Waals surface area (Å²) >= 11 is 1.23. The molecule has 1 aliphatic heterocycles. The van der Waals surface area contributed by atoms with Crippen LogP contribution in [0.4, 0.5) is 10.8 Å². The average Bonchev–Trinajstić information content (AvgIpc) is 3.52. The average molecular weight is 498 g/mol. The number of nitrogens with zero attached hydrogens (tertiary/aromatic N) is 5. The van der Waals surface area contributed by atoms with Crippen LogP contribution in [0.25, 0.3) is 22.5 Å². The number of aryl methyl sites for hydroxylation is 2. The third kappa shape index (κ3) is 4.04. The zero-order valence-electron chi connectivity index (χ0n) is 19.5. The van der Waals surface area contributed by atoms with E-state index in [-0.39, 0.29) is 0 Å². The molecule has 0 unspecified atom stereocenters. The van der Waals surface area contributed by atoms with Crippen LogP contribution in [0.2, 0.25) is 0 Å². The third-order valence-corrected chi connectivity index (χ3v) is 9.82. The van der Waals surface area contributed by atoms with Gasteiger partial charge < -0.3 is 10.6 Å². The monoisotopic (exact) mass is 497 g/mol. The fourth-order valence-electron chi connectivity index (χ4n) is 3.97. The van der Waals surface area contributed by atoms with Gasteiger partial charge in [0.25, 0.3) is 0 Å². The summed E-state index contributed by atoms with van der Waals surface area (Å²) in [5, 5.41) is 11.3. The fraction of sp³-hybridized carbons (Fsp3) is 0.348. The molecule has 0 saturated heterocycles. The van der Waals surface area contributed by atoms with Gasteiger partial charge in [-0.1, -0.05) is 6.08 Å². The van der Waals surface area contributed by atoms with E-state index in [9.17, 15) is 8.42 Å². The van der Waals surface area contributed by atoms with Crippen molar-refractivity contribution in [3.63, 3.8) is 0 Å². The van der Waals surface area contributed by atoms with Crippen molar-refractivity contribution in [2.24, 2.45) is 7.05 Å². The van der Waals surface area contributed by atoms with Crippen LogP contribution in [-0.4, -0.2) is 50.9 Å². The Balaban J connectivity index is 1.63. The highest BCUT2D eigenvalue weighted by molar-refractivity contribution is 7.94. The molecule has 9 nitrogen and oxygen atoms in total. The summed E-state index contributed by atoms with van der Waals surface area (Å²) in [6.45, 7) is 6.91. The van der Waals surface area contributed by atoms with E-state index in [0.717, 1.165) is 47.6 Å². The number of rotatable bonds is 6. The molecule has 0 aromatic carbocycles. The molecule has 0 aliphatic carbocycles. The molecule has 0 spiro atoms. The van der Waals surface area contributed by atoms with Crippen LogP contribution in [-0.2, 0) is 16.9 Å². The van der Waals surface area contributed by atoms with Gasteiger partial charge in [-0.05, 0) is 50.9 Å². The van der Waals surface area contributed by atoms with Crippen LogP contribution in [0.15, 0.2) is 41.1 Å². The molecule has 34 heavy (non-hydrogen) atoms. The van der Waals surface area contributed by atoms with Gasteiger partial charge in [-0.2, -0.15) is 5.10 Å². The Bertz CT molecular complexity index is 1510. The van der Waals surface area contributed by atoms with E-state index < -0.39 is 15.1 Å². The maximum atomic E-state index is 12.8. The number of nitrogens with one attached hydrogen (secondary N) is 2. The van der Waals surface area contributed by atoms with Gasteiger partial charge in [-0.15, -0.1) is 11.3 Å². The first-order valence-electron chi connectivity index (χ1n) is 11.1. The zero-order chi connectivity index (χ0) is 24.0. The molecule has 1 aliphatic rings. The number of hydrogen-bond acceptors (Lipinski definition) is 8. The van der Waals surface area contributed by atoms with Crippen LogP contribution < -0.4 is 10.6 Å². The predicted molar refractivity (Wildman–Crippen MR) is 135 cm³/mol. The lowest BCUT2D eigenvalue weighted by molar-refractivity contribution is 0.589. The summed E-state index contributed by atoms with van der Waals surface area (Å²) in [7, 11) is -1.48. The molecule has 178 valence electrons. The van der Waals surface area contributed by atoms with Crippen molar-refractivity contribution in [3.05, 3.63) is 48.2 Å².